The largest absolute Gasteiger partial charge is 0.480 e. The van der Waals surface area contributed by atoms with Crippen molar-refractivity contribution in [1.29, 1.82) is 0 Å². The van der Waals surface area contributed by atoms with E-state index in [1.165, 1.54) is 0 Å². The minimum absolute atomic E-state index is 0.172. The van der Waals surface area contributed by atoms with Crippen molar-refractivity contribution in [2.24, 2.45) is 5.92 Å². The van der Waals surface area contributed by atoms with Crippen LogP contribution in [0.4, 0.5) is 0 Å². The van der Waals surface area contributed by atoms with Gasteiger partial charge in [0.05, 0.1) is 0 Å². The van der Waals surface area contributed by atoms with Crippen LogP contribution >= 0.6 is 0 Å². The number of rotatable bonds is 7. The molecule has 0 spiro atoms. The molecule has 0 fully saturated rings. The molecular weight excluding hydrogens is 178 g/mol. The Labute approximate surface area is 87.1 Å². The Bertz CT molecular complexity index is 163. The quantitative estimate of drug-likeness (QED) is 0.686. The van der Waals surface area contributed by atoms with Crippen LogP contribution in [0.25, 0.3) is 0 Å². The maximum atomic E-state index is 11.1. The van der Waals surface area contributed by atoms with Crippen molar-refractivity contribution in [3.8, 4) is 0 Å². The second kappa shape index (κ2) is 6.82. The number of hydrogen-bond acceptors (Lipinski definition) is 2. The molecule has 0 aliphatic heterocycles. The van der Waals surface area contributed by atoms with E-state index in [1.807, 2.05) is 13.8 Å². The summed E-state index contributed by atoms with van der Waals surface area (Å²) in [6.07, 6.45) is 2.02. The highest BCUT2D eigenvalue weighted by molar-refractivity contribution is 5.73. The molecule has 3 heteroatoms. The molecule has 1 atom stereocenters. The zero-order valence-electron chi connectivity index (χ0n) is 9.79. The topological polar surface area (TPSA) is 40.5 Å². The molecule has 0 aliphatic rings. The first-order valence-corrected chi connectivity index (χ1v) is 5.51. The standard InChI is InChI=1S/C11H23NO2/c1-5-7-12(8-6-2)10(9(3)4)11(13)14/h9-10H,5-8H2,1-4H3,(H,13,14). The van der Waals surface area contributed by atoms with Crippen LogP contribution < -0.4 is 0 Å². The molecule has 0 heterocycles. The van der Waals surface area contributed by atoms with Crippen molar-refractivity contribution >= 4 is 5.97 Å². The van der Waals surface area contributed by atoms with Gasteiger partial charge < -0.3 is 5.11 Å². The Kier molecular flexibility index (Phi) is 6.54. The minimum atomic E-state index is -0.693. The van der Waals surface area contributed by atoms with Gasteiger partial charge in [0.2, 0.25) is 0 Å². The summed E-state index contributed by atoms with van der Waals surface area (Å²) in [5.74, 6) is -0.521. The highest BCUT2D eigenvalue weighted by atomic mass is 16.4. The Hall–Kier alpha value is -0.570. The van der Waals surface area contributed by atoms with Crippen molar-refractivity contribution in [2.45, 2.75) is 46.6 Å². The van der Waals surface area contributed by atoms with Crippen LogP contribution in [0, 0.1) is 5.92 Å². The lowest BCUT2D eigenvalue weighted by Crippen LogP contribution is -2.45. The van der Waals surface area contributed by atoms with Gasteiger partial charge in [-0.05, 0) is 31.8 Å². The molecule has 0 amide bonds. The third-order valence-electron chi connectivity index (χ3n) is 2.30. The number of carboxylic acid groups (broad SMARTS) is 1. The van der Waals surface area contributed by atoms with Gasteiger partial charge in [-0.25, -0.2) is 0 Å². The highest BCUT2D eigenvalue weighted by Gasteiger charge is 2.27. The summed E-state index contributed by atoms with van der Waals surface area (Å²) in [4.78, 5) is 13.2. The van der Waals surface area contributed by atoms with Gasteiger partial charge in [0, 0.05) is 0 Å². The van der Waals surface area contributed by atoms with E-state index in [4.69, 9.17) is 5.11 Å². The van der Waals surface area contributed by atoms with Crippen molar-refractivity contribution in [2.75, 3.05) is 13.1 Å². The fraction of sp³-hybridized carbons (Fsp3) is 0.909. The molecule has 0 rings (SSSR count). The van der Waals surface area contributed by atoms with Crippen LogP contribution in [0.2, 0.25) is 0 Å². The minimum Gasteiger partial charge on any atom is -0.480 e. The Morgan fingerprint density at radius 3 is 1.86 bits per heavy atom. The van der Waals surface area contributed by atoms with Gasteiger partial charge >= 0.3 is 5.97 Å². The van der Waals surface area contributed by atoms with E-state index in [0.29, 0.717) is 0 Å². The van der Waals surface area contributed by atoms with Crippen molar-refractivity contribution < 1.29 is 9.90 Å². The van der Waals surface area contributed by atoms with Crippen molar-refractivity contribution in [1.82, 2.24) is 4.90 Å². The first-order chi connectivity index (χ1) is 6.54. The fourth-order valence-corrected chi connectivity index (χ4v) is 1.83. The molecule has 0 saturated carbocycles. The van der Waals surface area contributed by atoms with Crippen molar-refractivity contribution in [3.63, 3.8) is 0 Å². The number of carboxylic acids is 1. The highest BCUT2D eigenvalue weighted by Crippen LogP contribution is 2.12. The van der Waals surface area contributed by atoms with E-state index in [2.05, 4.69) is 18.7 Å². The van der Waals surface area contributed by atoms with Crippen LogP contribution in [-0.2, 0) is 4.79 Å². The second-order valence-electron chi connectivity index (χ2n) is 4.06. The van der Waals surface area contributed by atoms with Gasteiger partial charge in [0.25, 0.3) is 0 Å². The molecule has 3 nitrogen and oxygen atoms in total. The molecule has 1 N–H and O–H groups in total. The fourth-order valence-electron chi connectivity index (χ4n) is 1.83. The molecule has 14 heavy (non-hydrogen) atoms. The summed E-state index contributed by atoms with van der Waals surface area (Å²) in [7, 11) is 0. The van der Waals surface area contributed by atoms with E-state index in [-0.39, 0.29) is 12.0 Å². The number of aliphatic carboxylic acids is 1. The smallest absolute Gasteiger partial charge is 0.321 e. The Morgan fingerprint density at radius 2 is 1.64 bits per heavy atom. The van der Waals surface area contributed by atoms with Crippen LogP contribution in [0.5, 0.6) is 0 Å². The molecule has 1 unspecified atom stereocenters. The maximum absolute atomic E-state index is 11.1. The molecule has 0 radical (unpaired) electrons. The van der Waals surface area contributed by atoms with Gasteiger partial charge in [-0.1, -0.05) is 27.7 Å². The van der Waals surface area contributed by atoms with E-state index >= 15 is 0 Å². The lowest BCUT2D eigenvalue weighted by molar-refractivity contribution is -0.145. The van der Waals surface area contributed by atoms with Gasteiger partial charge in [0.15, 0.2) is 0 Å². The number of carbonyl (C=O) groups is 1. The van der Waals surface area contributed by atoms with Gasteiger partial charge in [0.1, 0.15) is 6.04 Å². The molecule has 0 aromatic heterocycles. The van der Waals surface area contributed by atoms with Crippen molar-refractivity contribution in [3.05, 3.63) is 0 Å². The predicted molar refractivity (Wildman–Crippen MR) is 58.4 cm³/mol. The van der Waals surface area contributed by atoms with E-state index in [1.54, 1.807) is 0 Å². The molecule has 0 bridgehead atoms. The maximum Gasteiger partial charge on any atom is 0.321 e. The Morgan fingerprint density at radius 1 is 1.21 bits per heavy atom. The average molecular weight is 201 g/mol. The molecule has 0 saturated heterocycles. The summed E-state index contributed by atoms with van der Waals surface area (Å²) in [6, 6.07) is -0.324. The van der Waals surface area contributed by atoms with Gasteiger partial charge in [-0.15, -0.1) is 0 Å². The van der Waals surface area contributed by atoms with Gasteiger partial charge in [-0.3, -0.25) is 9.69 Å². The lowest BCUT2D eigenvalue weighted by atomic mass is 10.0. The molecular formula is C11H23NO2. The first kappa shape index (κ1) is 13.4. The monoisotopic (exact) mass is 201 g/mol. The Balaban J connectivity index is 4.46. The van der Waals surface area contributed by atoms with Crippen LogP contribution in [0.1, 0.15) is 40.5 Å². The normalized spacial score (nSPS) is 13.6. The van der Waals surface area contributed by atoms with Crippen LogP contribution in [-0.4, -0.2) is 35.1 Å². The number of nitrogens with zero attached hydrogens (tertiary/aromatic N) is 1. The summed E-state index contributed by atoms with van der Waals surface area (Å²) in [5, 5.41) is 9.13. The summed E-state index contributed by atoms with van der Waals surface area (Å²) in [5.41, 5.74) is 0. The lowest BCUT2D eigenvalue weighted by Gasteiger charge is -2.30. The van der Waals surface area contributed by atoms with E-state index in [9.17, 15) is 4.79 Å². The first-order valence-electron chi connectivity index (χ1n) is 5.51. The SMILES string of the molecule is CCCN(CCC)C(C(=O)O)C(C)C. The van der Waals surface area contributed by atoms with E-state index in [0.717, 1.165) is 25.9 Å². The van der Waals surface area contributed by atoms with Gasteiger partial charge in [-0.2, -0.15) is 0 Å². The predicted octanol–water partition coefficient (Wildman–Crippen LogP) is 2.22. The second-order valence-corrected chi connectivity index (χ2v) is 4.06. The summed E-state index contributed by atoms with van der Waals surface area (Å²) >= 11 is 0. The number of hydrogen-bond donors (Lipinski definition) is 1. The summed E-state index contributed by atoms with van der Waals surface area (Å²) < 4.78 is 0. The third kappa shape index (κ3) is 4.09. The van der Waals surface area contributed by atoms with E-state index < -0.39 is 5.97 Å². The molecule has 0 aromatic rings. The molecule has 84 valence electrons. The summed E-state index contributed by atoms with van der Waals surface area (Å²) in [6.45, 7) is 9.87. The van der Waals surface area contributed by atoms with Crippen LogP contribution in [0.15, 0.2) is 0 Å². The van der Waals surface area contributed by atoms with Crippen LogP contribution in [0.3, 0.4) is 0 Å². The zero-order valence-corrected chi connectivity index (χ0v) is 9.79. The molecule has 0 aliphatic carbocycles. The average Bonchev–Trinajstić information content (AvgIpc) is 2.03. The zero-order chi connectivity index (χ0) is 11.1. The molecule has 0 aromatic carbocycles. The third-order valence-corrected chi connectivity index (χ3v) is 2.30.